The molecule has 0 unspecified atom stereocenters. The smallest absolute Gasteiger partial charge is 0.199 e. The predicted molar refractivity (Wildman–Crippen MR) is 67.9 cm³/mol. The number of benzene rings is 1. The van der Waals surface area contributed by atoms with E-state index >= 15 is 0 Å². The first-order valence-electron chi connectivity index (χ1n) is 5.45. The lowest BCUT2D eigenvalue weighted by Crippen LogP contribution is -2.14. The first-order valence-corrected chi connectivity index (χ1v) is 5.45. The molecule has 0 aliphatic heterocycles. The second-order valence-electron chi connectivity index (χ2n) is 3.88. The number of anilines is 2. The first kappa shape index (κ1) is 11.2. The van der Waals surface area contributed by atoms with Gasteiger partial charge in [0.25, 0.3) is 0 Å². The van der Waals surface area contributed by atoms with Gasteiger partial charge >= 0.3 is 0 Å². The van der Waals surface area contributed by atoms with Gasteiger partial charge in [-0.2, -0.15) is 0 Å². The van der Waals surface area contributed by atoms with Crippen LogP contribution in [0.2, 0.25) is 0 Å². The van der Waals surface area contributed by atoms with Crippen LogP contribution >= 0.6 is 0 Å². The molecule has 1 aromatic carbocycles. The predicted octanol–water partition coefficient (Wildman–Crippen LogP) is 1.54. The molecule has 3 aromatic rings. The van der Waals surface area contributed by atoms with Crippen molar-refractivity contribution in [1.82, 2.24) is 15.3 Å². The molecule has 19 heavy (non-hydrogen) atoms. The summed E-state index contributed by atoms with van der Waals surface area (Å²) in [6, 6.07) is 5.38. The molecule has 8 nitrogen and oxygen atoms in total. The van der Waals surface area contributed by atoms with Gasteiger partial charge < -0.3 is 15.5 Å². The fourth-order valence-corrected chi connectivity index (χ4v) is 1.72. The van der Waals surface area contributed by atoms with Crippen molar-refractivity contribution in [3.8, 4) is 0 Å². The van der Waals surface area contributed by atoms with Crippen LogP contribution in [-0.4, -0.2) is 21.1 Å². The van der Waals surface area contributed by atoms with Gasteiger partial charge in [0.15, 0.2) is 28.8 Å². The number of nitrogens with two attached hydrogens (primary N) is 1. The Kier molecular flexibility index (Phi) is 2.41. The molecule has 96 valence electrons. The minimum absolute atomic E-state index is 0.0214. The number of nitrogens with one attached hydrogen (secondary N) is 2. The molecule has 0 aliphatic carbocycles. The standard InChI is InChI=1S/C11H10N6O2/c1-5-14-8-6(3-2-4-7(8)18-5)15-10(12)9-11(13)17-19-16-9/h2-4H,1H3,(H2,12,15)(H2,13,17). The number of para-hydroxylation sites is 1. The average Bonchev–Trinajstić information content (AvgIpc) is 2.94. The highest BCUT2D eigenvalue weighted by Gasteiger charge is 2.15. The fourth-order valence-electron chi connectivity index (χ4n) is 1.72. The molecule has 2 heterocycles. The van der Waals surface area contributed by atoms with E-state index in [4.69, 9.17) is 15.6 Å². The summed E-state index contributed by atoms with van der Waals surface area (Å²) in [5, 5.41) is 17.7. The van der Waals surface area contributed by atoms with Gasteiger partial charge in [-0.15, -0.1) is 0 Å². The summed E-state index contributed by atoms with van der Waals surface area (Å²) >= 11 is 0. The third kappa shape index (κ3) is 1.88. The Morgan fingerprint density at radius 3 is 2.95 bits per heavy atom. The second kappa shape index (κ2) is 4.09. The van der Waals surface area contributed by atoms with Crippen LogP contribution in [0.4, 0.5) is 11.5 Å². The van der Waals surface area contributed by atoms with Crippen LogP contribution in [0.25, 0.3) is 11.1 Å². The van der Waals surface area contributed by atoms with Crippen LogP contribution in [0.1, 0.15) is 11.6 Å². The molecule has 2 aromatic heterocycles. The molecule has 4 N–H and O–H groups in total. The Morgan fingerprint density at radius 2 is 2.21 bits per heavy atom. The maximum absolute atomic E-state index is 7.89. The van der Waals surface area contributed by atoms with Gasteiger partial charge in [0.2, 0.25) is 0 Å². The van der Waals surface area contributed by atoms with E-state index in [-0.39, 0.29) is 17.3 Å². The topological polar surface area (TPSA) is 127 Å². The number of aromatic nitrogens is 3. The molecule has 0 fully saturated rings. The van der Waals surface area contributed by atoms with Crippen molar-refractivity contribution in [2.75, 3.05) is 11.1 Å². The summed E-state index contributed by atoms with van der Waals surface area (Å²) in [7, 11) is 0. The van der Waals surface area contributed by atoms with Crippen LogP contribution in [0.3, 0.4) is 0 Å². The molecule has 0 saturated heterocycles. The van der Waals surface area contributed by atoms with E-state index in [9.17, 15) is 0 Å². The van der Waals surface area contributed by atoms with Gasteiger partial charge in [0, 0.05) is 6.92 Å². The molecule has 0 saturated carbocycles. The van der Waals surface area contributed by atoms with Crippen LogP contribution < -0.4 is 11.1 Å². The molecule has 0 atom stereocenters. The molecule has 0 bridgehead atoms. The van der Waals surface area contributed by atoms with E-state index in [1.807, 2.05) is 0 Å². The zero-order valence-corrected chi connectivity index (χ0v) is 9.97. The number of amidine groups is 1. The molecule has 0 aliphatic rings. The Labute approximate surface area is 107 Å². The monoisotopic (exact) mass is 258 g/mol. The Hall–Kier alpha value is -2.90. The highest BCUT2D eigenvalue weighted by Crippen LogP contribution is 2.24. The zero-order valence-electron chi connectivity index (χ0n) is 9.97. The molecule has 0 radical (unpaired) electrons. The number of aryl methyl sites for hydroxylation is 1. The van der Waals surface area contributed by atoms with Gasteiger partial charge in [0.05, 0.1) is 5.69 Å². The third-order valence-corrected chi connectivity index (χ3v) is 2.54. The molecule has 8 heteroatoms. The highest BCUT2D eigenvalue weighted by molar-refractivity contribution is 6.10. The van der Waals surface area contributed by atoms with Crippen molar-refractivity contribution in [2.45, 2.75) is 6.92 Å². The summed E-state index contributed by atoms with van der Waals surface area (Å²) in [4.78, 5) is 4.25. The van der Waals surface area contributed by atoms with Gasteiger partial charge in [-0.3, -0.25) is 5.41 Å². The summed E-state index contributed by atoms with van der Waals surface area (Å²) < 4.78 is 9.87. The number of rotatable bonds is 2. The molecular weight excluding hydrogens is 248 g/mol. The summed E-state index contributed by atoms with van der Waals surface area (Å²) in [6.07, 6.45) is 0. The second-order valence-corrected chi connectivity index (χ2v) is 3.88. The van der Waals surface area contributed by atoms with E-state index in [2.05, 4.69) is 25.2 Å². The highest BCUT2D eigenvalue weighted by atomic mass is 16.6. The maximum atomic E-state index is 7.89. The van der Waals surface area contributed by atoms with Crippen molar-refractivity contribution < 1.29 is 9.05 Å². The Morgan fingerprint density at radius 1 is 1.37 bits per heavy atom. The normalized spacial score (nSPS) is 10.8. The molecule has 0 amide bonds. The lowest BCUT2D eigenvalue weighted by Gasteiger charge is -2.05. The van der Waals surface area contributed by atoms with Gasteiger partial charge in [-0.25, -0.2) is 9.61 Å². The van der Waals surface area contributed by atoms with E-state index in [0.717, 1.165) is 0 Å². The van der Waals surface area contributed by atoms with E-state index in [1.165, 1.54) is 0 Å². The van der Waals surface area contributed by atoms with Crippen molar-refractivity contribution in [1.29, 1.82) is 5.41 Å². The number of oxazole rings is 1. The van der Waals surface area contributed by atoms with Gasteiger partial charge in [-0.1, -0.05) is 6.07 Å². The number of nitrogens with zero attached hydrogens (tertiary/aromatic N) is 3. The van der Waals surface area contributed by atoms with Crippen molar-refractivity contribution in [3.05, 3.63) is 29.8 Å². The number of fused-ring (bicyclic) bond motifs is 1. The zero-order chi connectivity index (χ0) is 13.4. The van der Waals surface area contributed by atoms with Crippen molar-refractivity contribution >= 4 is 28.4 Å². The van der Waals surface area contributed by atoms with Crippen LogP contribution in [0.15, 0.2) is 27.2 Å². The molecule has 3 rings (SSSR count). The van der Waals surface area contributed by atoms with Crippen LogP contribution in [0.5, 0.6) is 0 Å². The number of hydrogen-bond donors (Lipinski definition) is 3. The van der Waals surface area contributed by atoms with Crippen LogP contribution in [0, 0.1) is 12.3 Å². The summed E-state index contributed by atoms with van der Waals surface area (Å²) in [6.45, 7) is 1.76. The fraction of sp³-hybridized carbons (Fsp3) is 0.0909. The van der Waals surface area contributed by atoms with E-state index in [0.29, 0.717) is 22.7 Å². The molecular formula is C11H10N6O2. The quantitative estimate of drug-likeness (QED) is 0.470. The Bertz CT molecular complexity index is 759. The first-order chi connectivity index (χ1) is 9.15. The van der Waals surface area contributed by atoms with Crippen LogP contribution in [-0.2, 0) is 0 Å². The van der Waals surface area contributed by atoms with E-state index < -0.39 is 0 Å². The Balaban J connectivity index is 1.98. The SMILES string of the molecule is Cc1nc2c(NC(=N)c3nonc3N)cccc2o1. The lowest BCUT2D eigenvalue weighted by atomic mass is 10.2. The lowest BCUT2D eigenvalue weighted by molar-refractivity contribution is 0.308. The maximum Gasteiger partial charge on any atom is 0.199 e. The third-order valence-electron chi connectivity index (χ3n) is 2.54. The van der Waals surface area contributed by atoms with Crippen molar-refractivity contribution in [2.24, 2.45) is 0 Å². The minimum atomic E-state index is -0.0214. The molecule has 0 spiro atoms. The summed E-state index contributed by atoms with van der Waals surface area (Å²) in [5.41, 5.74) is 7.59. The largest absolute Gasteiger partial charge is 0.441 e. The van der Waals surface area contributed by atoms with Gasteiger partial charge in [-0.05, 0) is 22.4 Å². The summed E-state index contributed by atoms with van der Waals surface area (Å²) in [5.74, 6) is 0.589. The number of hydrogen-bond acceptors (Lipinski definition) is 7. The van der Waals surface area contributed by atoms with Crippen molar-refractivity contribution in [3.63, 3.8) is 0 Å². The van der Waals surface area contributed by atoms with Gasteiger partial charge in [0.1, 0.15) is 5.52 Å². The van der Waals surface area contributed by atoms with E-state index in [1.54, 1.807) is 25.1 Å². The number of nitrogen functional groups attached to an aromatic ring is 1. The minimum Gasteiger partial charge on any atom is -0.441 e. The average molecular weight is 258 g/mol.